The van der Waals surface area contributed by atoms with E-state index in [1.165, 1.54) is 6.92 Å². The molecule has 0 aliphatic rings. The van der Waals surface area contributed by atoms with E-state index < -0.39 is 18.9 Å². The number of hydrogen-bond donors (Lipinski definition) is 1. The van der Waals surface area contributed by atoms with Crippen molar-refractivity contribution in [1.82, 2.24) is 0 Å². The van der Waals surface area contributed by atoms with Crippen LogP contribution in [0.4, 0.5) is 0 Å². The van der Waals surface area contributed by atoms with E-state index in [0.29, 0.717) is 6.42 Å². The summed E-state index contributed by atoms with van der Waals surface area (Å²) < 4.78 is 21.2. The Bertz CT molecular complexity index is 158. The molecule has 0 bridgehead atoms. The molecule has 0 spiro atoms. The van der Waals surface area contributed by atoms with Gasteiger partial charge >= 0.3 is 0 Å². The van der Waals surface area contributed by atoms with E-state index >= 15 is 0 Å². The van der Waals surface area contributed by atoms with Crippen molar-refractivity contribution >= 4 is 0 Å². The SMILES string of the molecule is CCC(OC)OC(CC)OC(C)OC(C)O. The maximum Gasteiger partial charge on any atom is 0.163 e. The molecular formula is C11H24O5. The predicted molar refractivity (Wildman–Crippen MR) is 59.6 cm³/mol. The molecule has 0 aromatic carbocycles. The molecule has 16 heavy (non-hydrogen) atoms. The highest BCUT2D eigenvalue weighted by Crippen LogP contribution is 2.11. The summed E-state index contributed by atoms with van der Waals surface area (Å²) in [5, 5.41) is 9.01. The fraction of sp³-hybridized carbons (Fsp3) is 1.00. The summed E-state index contributed by atoms with van der Waals surface area (Å²) in [4.78, 5) is 0. The first kappa shape index (κ1) is 15.8. The summed E-state index contributed by atoms with van der Waals surface area (Å²) >= 11 is 0. The topological polar surface area (TPSA) is 57.2 Å². The van der Waals surface area contributed by atoms with E-state index in [4.69, 9.17) is 24.1 Å². The lowest BCUT2D eigenvalue weighted by Crippen LogP contribution is -2.30. The van der Waals surface area contributed by atoms with Crippen molar-refractivity contribution in [1.29, 1.82) is 0 Å². The van der Waals surface area contributed by atoms with Gasteiger partial charge in [0.2, 0.25) is 0 Å². The second kappa shape index (κ2) is 8.90. The molecule has 98 valence electrons. The Kier molecular flexibility index (Phi) is 8.78. The minimum atomic E-state index is -0.850. The number of aliphatic hydroxyl groups excluding tert-OH is 1. The summed E-state index contributed by atoms with van der Waals surface area (Å²) in [7, 11) is 1.59. The van der Waals surface area contributed by atoms with E-state index in [1.54, 1.807) is 14.0 Å². The van der Waals surface area contributed by atoms with E-state index in [1.807, 2.05) is 13.8 Å². The molecule has 0 heterocycles. The Morgan fingerprint density at radius 1 is 0.938 bits per heavy atom. The van der Waals surface area contributed by atoms with Crippen molar-refractivity contribution in [2.45, 2.75) is 65.7 Å². The summed E-state index contributed by atoms with van der Waals surface area (Å²) in [6.07, 6.45) is -0.589. The lowest BCUT2D eigenvalue weighted by molar-refractivity contribution is -0.306. The van der Waals surface area contributed by atoms with Gasteiger partial charge in [0.15, 0.2) is 25.2 Å². The maximum atomic E-state index is 9.01. The maximum absolute atomic E-state index is 9.01. The van der Waals surface area contributed by atoms with Crippen molar-refractivity contribution < 1.29 is 24.1 Å². The van der Waals surface area contributed by atoms with Gasteiger partial charge in [0.25, 0.3) is 0 Å². The average Bonchev–Trinajstić information content (AvgIpc) is 2.22. The van der Waals surface area contributed by atoms with Crippen molar-refractivity contribution in [2.75, 3.05) is 7.11 Å². The van der Waals surface area contributed by atoms with Crippen LogP contribution < -0.4 is 0 Å². The minimum absolute atomic E-state index is 0.274. The molecule has 4 unspecified atom stereocenters. The van der Waals surface area contributed by atoms with E-state index in [2.05, 4.69) is 0 Å². The molecule has 0 amide bonds. The van der Waals surface area contributed by atoms with Crippen molar-refractivity contribution in [3.05, 3.63) is 0 Å². The first-order valence-electron chi connectivity index (χ1n) is 5.70. The van der Waals surface area contributed by atoms with Crippen LogP contribution in [-0.4, -0.2) is 37.4 Å². The van der Waals surface area contributed by atoms with Crippen LogP contribution in [0.5, 0.6) is 0 Å². The molecule has 0 aromatic heterocycles. The van der Waals surface area contributed by atoms with E-state index in [9.17, 15) is 0 Å². The van der Waals surface area contributed by atoms with E-state index in [-0.39, 0.29) is 6.29 Å². The highest BCUT2D eigenvalue weighted by molar-refractivity contribution is 4.46. The Balaban J connectivity index is 3.98. The fourth-order valence-corrected chi connectivity index (χ4v) is 1.24. The van der Waals surface area contributed by atoms with Gasteiger partial charge in [0.1, 0.15) is 0 Å². The molecule has 5 nitrogen and oxygen atoms in total. The summed E-state index contributed by atoms with van der Waals surface area (Å²) in [6, 6.07) is 0. The van der Waals surface area contributed by atoms with Crippen LogP contribution in [0.15, 0.2) is 0 Å². The average molecular weight is 236 g/mol. The minimum Gasteiger partial charge on any atom is -0.368 e. The standard InChI is InChI=1S/C11H24O5/c1-6-10(13-5)16-11(7-2)15-9(4)14-8(3)12/h8-12H,6-7H2,1-5H3. The number of methoxy groups -OCH3 is 1. The van der Waals surface area contributed by atoms with Gasteiger partial charge in [-0.05, 0) is 26.7 Å². The second-order valence-corrected chi connectivity index (χ2v) is 3.49. The van der Waals surface area contributed by atoms with Gasteiger partial charge in [0.05, 0.1) is 0 Å². The van der Waals surface area contributed by atoms with E-state index in [0.717, 1.165) is 6.42 Å². The highest BCUT2D eigenvalue weighted by Gasteiger charge is 2.17. The summed E-state index contributed by atoms with van der Waals surface area (Å²) in [5.74, 6) is 0. The van der Waals surface area contributed by atoms with Gasteiger partial charge < -0.3 is 24.1 Å². The van der Waals surface area contributed by atoms with Crippen LogP contribution >= 0.6 is 0 Å². The molecule has 0 radical (unpaired) electrons. The van der Waals surface area contributed by atoms with Gasteiger partial charge in [-0.2, -0.15) is 0 Å². The molecule has 1 N–H and O–H groups in total. The van der Waals surface area contributed by atoms with Crippen molar-refractivity contribution in [3.63, 3.8) is 0 Å². The number of aliphatic hydroxyl groups is 1. The molecular weight excluding hydrogens is 212 g/mol. The van der Waals surface area contributed by atoms with Crippen LogP contribution in [0.1, 0.15) is 40.5 Å². The number of hydrogen-bond acceptors (Lipinski definition) is 5. The van der Waals surface area contributed by atoms with Crippen LogP contribution in [-0.2, 0) is 18.9 Å². The summed E-state index contributed by atoms with van der Waals surface area (Å²) in [5.41, 5.74) is 0. The zero-order valence-corrected chi connectivity index (χ0v) is 10.8. The Morgan fingerprint density at radius 3 is 1.88 bits per heavy atom. The smallest absolute Gasteiger partial charge is 0.163 e. The molecule has 4 atom stereocenters. The van der Waals surface area contributed by atoms with Crippen LogP contribution in [0.3, 0.4) is 0 Å². The van der Waals surface area contributed by atoms with Crippen molar-refractivity contribution in [3.8, 4) is 0 Å². The van der Waals surface area contributed by atoms with Crippen molar-refractivity contribution in [2.24, 2.45) is 0 Å². The predicted octanol–water partition coefficient (Wildman–Crippen LogP) is 1.84. The number of ether oxygens (including phenoxy) is 4. The summed E-state index contributed by atoms with van der Waals surface area (Å²) in [6.45, 7) is 7.16. The molecule has 5 heteroatoms. The Hall–Kier alpha value is -0.200. The van der Waals surface area contributed by atoms with Gasteiger partial charge in [-0.1, -0.05) is 13.8 Å². The molecule has 0 saturated heterocycles. The lowest BCUT2D eigenvalue weighted by Gasteiger charge is -2.25. The molecule has 0 aromatic rings. The molecule has 0 aliphatic heterocycles. The Labute approximate surface area is 97.6 Å². The second-order valence-electron chi connectivity index (χ2n) is 3.49. The molecule has 0 aliphatic carbocycles. The van der Waals surface area contributed by atoms with Gasteiger partial charge in [0, 0.05) is 7.11 Å². The fourth-order valence-electron chi connectivity index (χ4n) is 1.24. The third-order valence-electron chi connectivity index (χ3n) is 1.97. The zero-order valence-electron chi connectivity index (χ0n) is 10.8. The monoisotopic (exact) mass is 236 g/mol. The van der Waals surface area contributed by atoms with Gasteiger partial charge in [-0.3, -0.25) is 0 Å². The first-order chi connectivity index (χ1) is 7.53. The highest BCUT2D eigenvalue weighted by atomic mass is 16.8. The van der Waals surface area contributed by atoms with Crippen LogP contribution in [0, 0.1) is 0 Å². The normalized spacial score (nSPS) is 19.1. The third-order valence-corrected chi connectivity index (χ3v) is 1.97. The lowest BCUT2D eigenvalue weighted by atomic mass is 10.4. The van der Waals surface area contributed by atoms with Crippen LogP contribution in [0.25, 0.3) is 0 Å². The van der Waals surface area contributed by atoms with Crippen LogP contribution in [0.2, 0.25) is 0 Å². The molecule has 0 rings (SSSR count). The third kappa shape index (κ3) is 7.14. The Morgan fingerprint density at radius 2 is 1.50 bits per heavy atom. The van der Waals surface area contributed by atoms with Gasteiger partial charge in [-0.25, -0.2) is 0 Å². The molecule has 0 saturated carbocycles. The molecule has 0 fully saturated rings. The van der Waals surface area contributed by atoms with Gasteiger partial charge in [-0.15, -0.1) is 0 Å². The largest absolute Gasteiger partial charge is 0.368 e. The first-order valence-corrected chi connectivity index (χ1v) is 5.70. The number of rotatable bonds is 9. The zero-order chi connectivity index (χ0) is 12.6. The quantitative estimate of drug-likeness (QED) is 0.619.